The summed E-state index contributed by atoms with van der Waals surface area (Å²) in [6, 6.07) is 0. The molecule has 0 radical (unpaired) electrons. The molecule has 0 amide bonds. The maximum Gasteiger partial charge on any atom is 0.282 e. The molecule has 0 bridgehead atoms. The SMILES string of the molecule is Cn1ncc(Cl)c1S(=O)(=O)Nc1ncc(C#CCO)s1. The highest BCUT2D eigenvalue weighted by Crippen LogP contribution is 2.24. The third-order valence-electron chi connectivity index (χ3n) is 2.12. The lowest BCUT2D eigenvalue weighted by atomic mass is 10.5. The largest absolute Gasteiger partial charge is 0.384 e. The second-order valence-electron chi connectivity index (χ2n) is 3.52. The number of halogens is 1. The zero-order valence-corrected chi connectivity index (χ0v) is 12.6. The lowest BCUT2D eigenvalue weighted by Crippen LogP contribution is -2.16. The lowest BCUT2D eigenvalue weighted by Gasteiger charge is -2.05. The van der Waals surface area contributed by atoms with Gasteiger partial charge in [-0.1, -0.05) is 34.8 Å². The van der Waals surface area contributed by atoms with Gasteiger partial charge in [0.2, 0.25) is 0 Å². The van der Waals surface area contributed by atoms with Crippen LogP contribution in [-0.4, -0.2) is 34.9 Å². The van der Waals surface area contributed by atoms with Gasteiger partial charge in [0.1, 0.15) is 6.61 Å². The van der Waals surface area contributed by atoms with Crippen LogP contribution < -0.4 is 4.72 Å². The molecule has 0 atom stereocenters. The van der Waals surface area contributed by atoms with E-state index >= 15 is 0 Å². The number of hydrogen-bond acceptors (Lipinski definition) is 6. The minimum Gasteiger partial charge on any atom is -0.384 e. The molecule has 0 unspecified atom stereocenters. The third kappa shape index (κ3) is 3.10. The number of nitrogens with zero attached hydrogens (tertiary/aromatic N) is 3. The summed E-state index contributed by atoms with van der Waals surface area (Å²) in [5, 5.41) is 12.4. The van der Waals surface area contributed by atoms with Crippen molar-refractivity contribution in [3.05, 3.63) is 22.3 Å². The smallest absolute Gasteiger partial charge is 0.282 e. The first kappa shape index (κ1) is 14.8. The molecule has 2 rings (SSSR count). The first-order valence-corrected chi connectivity index (χ1v) is 7.87. The van der Waals surface area contributed by atoms with Crippen LogP contribution in [0.4, 0.5) is 5.13 Å². The zero-order chi connectivity index (χ0) is 14.8. The fourth-order valence-electron chi connectivity index (χ4n) is 1.37. The Bertz CT molecular complexity index is 766. The monoisotopic (exact) mass is 332 g/mol. The van der Waals surface area contributed by atoms with Crippen molar-refractivity contribution in [3.63, 3.8) is 0 Å². The molecule has 0 aromatic carbocycles. The van der Waals surface area contributed by atoms with Crippen LogP contribution >= 0.6 is 22.9 Å². The normalized spacial score (nSPS) is 10.9. The number of aliphatic hydroxyl groups is 1. The van der Waals surface area contributed by atoms with Crippen molar-refractivity contribution in [2.75, 3.05) is 11.3 Å². The molecule has 0 saturated carbocycles. The minimum atomic E-state index is -3.87. The molecule has 0 aliphatic heterocycles. The van der Waals surface area contributed by atoms with Crippen molar-refractivity contribution in [3.8, 4) is 11.8 Å². The van der Waals surface area contributed by atoms with E-state index in [-0.39, 0.29) is 21.8 Å². The van der Waals surface area contributed by atoms with Gasteiger partial charge in [-0.3, -0.25) is 9.40 Å². The Kier molecular flexibility index (Phi) is 4.29. The Morgan fingerprint density at radius 2 is 2.30 bits per heavy atom. The summed E-state index contributed by atoms with van der Waals surface area (Å²) in [6.07, 6.45) is 2.66. The predicted molar refractivity (Wildman–Crippen MR) is 75.1 cm³/mol. The van der Waals surface area contributed by atoms with E-state index in [0.29, 0.717) is 4.88 Å². The first-order valence-electron chi connectivity index (χ1n) is 5.20. The molecule has 0 spiro atoms. The van der Waals surface area contributed by atoms with Crippen LogP contribution in [-0.2, 0) is 17.1 Å². The average Bonchev–Trinajstić information content (AvgIpc) is 2.93. The second kappa shape index (κ2) is 5.80. The van der Waals surface area contributed by atoms with Gasteiger partial charge in [0.15, 0.2) is 10.2 Å². The Balaban J connectivity index is 2.27. The number of anilines is 1. The number of rotatable bonds is 3. The maximum absolute atomic E-state index is 12.2. The van der Waals surface area contributed by atoms with Gasteiger partial charge >= 0.3 is 0 Å². The highest BCUT2D eigenvalue weighted by atomic mass is 35.5. The molecular weight excluding hydrogens is 324 g/mol. The van der Waals surface area contributed by atoms with E-state index < -0.39 is 10.0 Å². The number of aliphatic hydroxyl groups excluding tert-OH is 1. The molecule has 10 heteroatoms. The predicted octanol–water partition coefficient (Wildman–Crippen LogP) is 0.675. The Morgan fingerprint density at radius 3 is 2.90 bits per heavy atom. The standard InChI is InChI=1S/C10H9ClN4O3S2/c1-15-9(8(11)6-13-15)20(17,18)14-10-12-5-7(19-10)3-2-4-16/h5-6,16H,4H2,1H3,(H,12,14). The van der Waals surface area contributed by atoms with E-state index in [1.807, 2.05) is 0 Å². The van der Waals surface area contributed by atoms with Crippen molar-refractivity contribution in [1.82, 2.24) is 14.8 Å². The molecule has 0 aliphatic rings. The van der Waals surface area contributed by atoms with Gasteiger partial charge in [0, 0.05) is 7.05 Å². The number of aryl methyl sites for hydroxylation is 1. The van der Waals surface area contributed by atoms with Gasteiger partial charge in [0.25, 0.3) is 10.0 Å². The number of aromatic nitrogens is 3. The van der Waals surface area contributed by atoms with E-state index in [4.69, 9.17) is 16.7 Å². The molecule has 106 valence electrons. The summed E-state index contributed by atoms with van der Waals surface area (Å²) in [6.45, 7) is -0.274. The average molecular weight is 333 g/mol. The lowest BCUT2D eigenvalue weighted by molar-refractivity contribution is 0.350. The molecule has 2 aromatic heterocycles. The van der Waals surface area contributed by atoms with Gasteiger partial charge in [-0.2, -0.15) is 13.5 Å². The van der Waals surface area contributed by atoms with E-state index in [0.717, 1.165) is 16.0 Å². The summed E-state index contributed by atoms with van der Waals surface area (Å²) < 4.78 is 27.8. The van der Waals surface area contributed by atoms with Gasteiger partial charge in [-0.15, -0.1) is 0 Å². The van der Waals surface area contributed by atoms with Crippen LogP contribution in [0.15, 0.2) is 17.4 Å². The van der Waals surface area contributed by atoms with Crippen molar-refractivity contribution in [2.45, 2.75) is 5.03 Å². The third-order valence-corrected chi connectivity index (χ3v) is 4.92. The van der Waals surface area contributed by atoms with Crippen LogP contribution in [0.25, 0.3) is 0 Å². The molecule has 2 heterocycles. The first-order chi connectivity index (χ1) is 9.44. The summed E-state index contributed by atoms with van der Waals surface area (Å²) in [5.41, 5.74) is 0. The molecule has 0 fully saturated rings. The number of nitrogens with one attached hydrogen (secondary N) is 1. The highest BCUT2D eigenvalue weighted by molar-refractivity contribution is 7.93. The van der Waals surface area contributed by atoms with Gasteiger partial charge in [0.05, 0.1) is 22.3 Å². The number of hydrogen-bond donors (Lipinski definition) is 2. The fraction of sp³-hybridized carbons (Fsp3) is 0.200. The maximum atomic E-state index is 12.2. The molecule has 0 saturated heterocycles. The van der Waals surface area contributed by atoms with E-state index in [1.165, 1.54) is 19.4 Å². The molecule has 2 N–H and O–H groups in total. The Labute approximate surface area is 124 Å². The van der Waals surface area contributed by atoms with E-state index in [2.05, 4.69) is 26.6 Å². The van der Waals surface area contributed by atoms with Gasteiger partial charge in [-0.25, -0.2) is 4.98 Å². The van der Waals surface area contributed by atoms with Crippen LogP contribution in [0.1, 0.15) is 4.88 Å². The van der Waals surface area contributed by atoms with Crippen LogP contribution in [0.3, 0.4) is 0 Å². The molecule has 0 aliphatic carbocycles. The summed E-state index contributed by atoms with van der Waals surface area (Å²) in [4.78, 5) is 4.43. The Morgan fingerprint density at radius 1 is 1.55 bits per heavy atom. The Hall–Kier alpha value is -1.60. The minimum absolute atomic E-state index is 0.0249. The van der Waals surface area contributed by atoms with Crippen molar-refractivity contribution in [1.29, 1.82) is 0 Å². The molecule has 2 aromatic rings. The summed E-state index contributed by atoms with van der Waals surface area (Å²) in [7, 11) is -2.40. The van der Waals surface area contributed by atoms with Gasteiger partial charge < -0.3 is 5.11 Å². The number of thiazole rings is 1. The molecular formula is C10H9ClN4O3S2. The zero-order valence-electron chi connectivity index (χ0n) is 10.2. The van der Waals surface area contributed by atoms with Crippen molar-refractivity contribution >= 4 is 38.1 Å². The molecule has 20 heavy (non-hydrogen) atoms. The van der Waals surface area contributed by atoms with Crippen molar-refractivity contribution < 1.29 is 13.5 Å². The molecule has 7 nitrogen and oxygen atoms in total. The number of sulfonamides is 1. The van der Waals surface area contributed by atoms with Crippen molar-refractivity contribution in [2.24, 2.45) is 7.05 Å². The second-order valence-corrected chi connectivity index (χ2v) is 6.55. The van der Waals surface area contributed by atoms with E-state index in [1.54, 1.807) is 0 Å². The fourth-order valence-corrected chi connectivity index (χ4v) is 3.96. The van der Waals surface area contributed by atoms with Gasteiger partial charge in [-0.05, 0) is 0 Å². The van der Waals surface area contributed by atoms with E-state index in [9.17, 15) is 8.42 Å². The van der Waals surface area contributed by atoms with Crippen LogP contribution in [0, 0.1) is 11.8 Å². The summed E-state index contributed by atoms with van der Waals surface area (Å²) in [5.74, 6) is 5.09. The van der Waals surface area contributed by atoms with Crippen LogP contribution in [0.5, 0.6) is 0 Å². The van der Waals surface area contributed by atoms with Crippen LogP contribution in [0.2, 0.25) is 5.02 Å². The topological polar surface area (TPSA) is 97.1 Å². The quantitative estimate of drug-likeness (QED) is 0.805. The highest BCUT2D eigenvalue weighted by Gasteiger charge is 2.23. The summed E-state index contributed by atoms with van der Waals surface area (Å²) >= 11 is 6.85.